The van der Waals surface area contributed by atoms with Crippen LogP contribution in [0.5, 0.6) is 0 Å². The summed E-state index contributed by atoms with van der Waals surface area (Å²) < 4.78 is 27.9. The highest BCUT2D eigenvalue weighted by atomic mass is 16.7. The summed E-state index contributed by atoms with van der Waals surface area (Å²) in [7, 11) is 1.66. The van der Waals surface area contributed by atoms with Gasteiger partial charge in [0, 0.05) is 7.11 Å². The molecule has 0 bridgehead atoms. The van der Waals surface area contributed by atoms with Crippen LogP contribution in [0.15, 0.2) is 30.3 Å². The lowest BCUT2D eigenvalue weighted by Gasteiger charge is -2.19. The van der Waals surface area contributed by atoms with Gasteiger partial charge in [0.1, 0.15) is 12.2 Å². The molecule has 0 aromatic heterocycles. The predicted octanol–water partition coefficient (Wildman–Crippen LogP) is 2.39. The monoisotopic (exact) mass is 310 g/mol. The summed E-state index contributed by atoms with van der Waals surface area (Å²) in [5.74, 6) is -0.506. The van der Waals surface area contributed by atoms with Gasteiger partial charge in [-0.1, -0.05) is 30.3 Å². The summed E-state index contributed by atoms with van der Waals surface area (Å²) in [6.45, 7) is 6.43. The van der Waals surface area contributed by atoms with Crippen molar-refractivity contribution in [2.24, 2.45) is 0 Å². The van der Waals surface area contributed by atoms with Crippen molar-refractivity contribution >= 4 is 0 Å². The lowest BCUT2D eigenvalue weighted by molar-refractivity contribution is -0.147. The zero-order valence-corrected chi connectivity index (χ0v) is 13.6. The standard InChI is InChI=1S/C17H26O5/c1-17(2)21-13-16(22-17)12-20-11-15(18-3)10-19-9-14-7-5-4-6-8-14/h4-8,15-16H,9-13H2,1-3H3/t15-,16-/m0/s1. The number of benzene rings is 1. The Morgan fingerprint density at radius 1 is 1.18 bits per heavy atom. The molecule has 1 aliphatic rings. The Bertz CT molecular complexity index is 420. The number of ether oxygens (including phenoxy) is 5. The van der Waals surface area contributed by atoms with Gasteiger partial charge in [0.05, 0.1) is 33.0 Å². The fourth-order valence-electron chi connectivity index (χ4n) is 2.24. The van der Waals surface area contributed by atoms with Gasteiger partial charge in [-0.05, 0) is 19.4 Å². The zero-order valence-electron chi connectivity index (χ0n) is 13.6. The molecule has 0 N–H and O–H groups in total. The van der Waals surface area contributed by atoms with Gasteiger partial charge >= 0.3 is 0 Å². The number of rotatable bonds is 9. The normalized spacial score (nSPS) is 21.9. The van der Waals surface area contributed by atoms with Crippen molar-refractivity contribution in [3.05, 3.63) is 35.9 Å². The molecule has 2 atom stereocenters. The van der Waals surface area contributed by atoms with E-state index in [1.807, 2.05) is 44.2 Å². The van der Waals surface area contributed by atoms with Gasteiger partial charge in [0.15, 0.2) is 5.79 Å². The molecule has 1 aromatic rings. The fraction of sp³-hybridized carbons (Fsp3) is 0.647. The van der Waals surface area contributed by atoms with E-state index >= 15 is 0 Å². The van der Waals surface area contributed by atoms with Gasteiger partial charge in [-0.3, -0.25) is 0 Å². The molecule has 1 aliphatic heterocycles. The molecule has 22 heavy (non-hydrogen) atoms. The first-order valence-electron chi connectivity index (χ1n) is 7.63. The van der Waals surface area contributed by atoms with Crippen molar-refractivity contribution < 1.29 is 23.7 Å². The highest BCUT2D eigenvalue weighted by Gasteiger charge is 2.32. The van der Waals surface area contributed by atoms with E-state index in [0.717, 1.165) is 5.56 Å². The Labute approximate surface area is 132 Å². The summed E-state index contributed by atoms with van der Waals surface area (Å²) in [5, 5.41) is 0. The van der Waals surface area contributed by atoms with Crippen LogP contribution in [0.3, 0.4) is 0 Å². The second-order valence-corrected chi connectivity index (χ2v) is 5.85. The molecule has 0 amide bonds. The molecule has 0 radical (unpaired) electrons. The third-order valence-electron chi connectivity index (χ3n) is 3.42. The van der Waals surface area contributed by atoms with Crippen LogP contribution in [0.1, 0.15) is 19.4 Å². The smallest absolute Gasteiger partial charge is 0.163 e. The molecule has 2 rings (SSSR count). The lowest BCUT2D eigenvalue weighted by atomic mass is 10.2. The maximum absolute atomic E-state index is 5.68. The van der Waals surface area contributed by atoms with E-state index in [1.165, 1.54) is 0 Å². The minimum atomic E-state index is -0.506. The van der Waals surface area contributed by atoms with Gasteiger partial charge in [-0.15, -0.1) is 0 Å². The van der Waals surface area contributed by atoms with E-state index in [0.29, 0.717) is 33.0 Å². The summed E-state index contributed by atoms with van der Waals surface area (Å²) in [6, 6.07) is 10.1. The highest BCUT2D eigenvalue weighted by molar-refractivity contribution is 5.13. The number of hydrogen-bond donors (Lipinski definition) is 0. The first kappa shape index (κ1) is 17.4. The third-order valence-corrected chi connectivity index (χ3v) is 3.42. The Balaban J connectivity index is 1.59. The van der Waals surface area contributed by atoms with Crippen LogP contribution in [0.2, 0.25) is 0 Å². The molecule has 0 saturated carbocycles. The first-order valence-corrected chi connectivity index (χ1v) is 7.63. The van der Waals surface area contributed by atoms with Gasteiger partial charge in [-0.25, -0.2) is 0 Å². The van der Waals surface area contributed by atoms with Crippen molar-refractivity contribution in [2.45, 2.75) is 38.4 Å². The molecule has 1 heterocycles. The van der Waals surface area contributed by atoms with Crippen LogP contribution < -0.4 is 0 Å². The van der Waals surface area contributed by atoms with E-state index in [4.69, 9.17) is 23.7 Å². The molecular weight excluding hydrogens is 284 g/mol. The Kier molecular flexibility index (Phi) is 6.79. The molecule has 0 spiro atoms. The van der Waals surface area contributed by atoms with Crippen LogP contribution in [-0.4, -0.2) is 51.5 Å². The Morgan fingerprint density at radius 3 is 2.55 bits per heavy atom. The van der Waals surface area contributed by atoms with Gasteiger partial charge in [-0.2, -0.15) is 0 Å². The third kappa shape index (κ3) is 6.02. The van der Waals surface area contributed by atoms with Crippen molar-refractivity contribution in [2.75, 3.05) is 33.5 Å². The average molecular weight is 310 g/mol. The second-order valence-electron chi connectivity index (χ2n) is 5.85. The van der Waals surface area contributed by atoms with Crippen LogP contribution in [-0.2, 0) is 30.3 Å². The molecule has 0 aliphatic carbocycles. The second kappa shape index (κ2) is 8.60. The SMILES string of the molecule is CO[C@@H](COCc1ccccc1)COC[C@H]1COC(C)(C)O1. The Morgan fingerprint density at radius 2 is 1.91 bits per heavy atom. The summed E-state index contributed by atoms with van der Waals surface area (Å²) in [6.07, 6.45) is -0.100. The predicted molar refractivity (Wildman–Crippen MR) is 82.6 cm³/mol. The van der Waals surface area contributed by atoms with Crippen LogP contribution >= 0.6 is 0 Å². The summed E-state index contributed by atoms with van der Waals surface area (Å²) >= 11 is 0. The molecule has 5 heteroatoms. The van der Waals surface area contributed by atoms with E-state index in [9.17, 15) is 0 Å². The molecule has 5 nitrogen and oxygen atoms in total. The van der Waals surface area contributed by atoms with E-state index in [2.05, 4.69) is 0 Å². The highest BCUT2D eigenvalue weighted by Crippen LogP contribution is 2.22. The molecule has 1 fully saturated rings. The van der Waals surface area contributed by atoms with E-state index < -0.39 is 5.79 Å². The number of methoxy groups -OCH3 is 1. The van der Waals surface area contributed by atoms with Crippen molar-refractivity contribution in [3.8, 4) is 0 Å². The summed E-state index contributed by atoms with van der Waals surface area (Å²) in [4.78, 5) is 0. The quantitative estimate of drug-likeness (QED) is 0.701. The molecule has 0 unspecified atom stereocenters. The largest absolute Gasteiger partial charge is 0.377 e. The minimum absolute atomic E-state index is 0.0160. The zero-order chi connectivity index (χ0) is 15.8. The maximum Gasteiger partial charge on any atom is 0.163 e. The number of hydrogen-bond acceptors (Lipinski definition) is 5. The van der Waals surface area contributed by atoms with Crippen LogP contribution in [0.4, 0.5) is 0 Å². The molecule has 1 saturated heterocycles. The van der Waals surface area contributed by atoms with E-state index in [-0.39, 0.29) is 12.2 Å². The average Bonchev–Trinajstić information content (AvgIpc) is 2.86. The van der Waals surface area contributed by atoms with Crippen molar-refractivity contribution in [1.82, 2.24) is 0 Å². The lowest BCUT2D eigenvalue weighted by Crippen LogP contribution is -2.28. The van der Waals surface area contributed by atoms with E-state index in [1.54, 1.807) is 7.11 Å². The van der Waals surface area contributed by atoms with Crippen LogP contribution in [0.25, 0.3) is 0 Å². The minimum Gasteiger partial charge on any atom is -0.377 e. The van der Waals surface area contributed by atoms with Crippen molar-refractivity contribution in [1.29, 1.82) is 0 Å². The van der Waals surface area contributed by atoms with Gasteiger partial charge < -0.3 is 23.7 Å². The summed E-state index contributed by atoms with van der Waals surface area (Å²) in [5.41, 5.74) is 1.15. The van der Waals surface area contributed by atoms with Crippen molar-refractivity contribution in [3.63, 3.8) is 0 Å². The first-order chi connectivity index (χ1) is 10.6. The van der Waals surface area contributed by atoms with Gasteiger partial charge in [0.2, 0.25) is 0 Å². The molecular formula is C17H26O5. The molecule has 124 valence electrons. The van der Waals surface area contributed by atoms with Crippen LogP contribution in [0, 0.1) is 0 Å². The fourth-order valence-corrected chi connectivity index (χ4v) is 2.24. The van der Waals surface area contributed by atoms with Gasteiger partial charge in [0.25, 0.3) is 0 Å². The Hall–Kier alpha value is -0.980. The molecule has 1 aromatic carbocycles. The topological polar surface area (TPSA) is 46.2 Å². The maximum atomic E-state index is 5.68.